The van der Waals surface area contributed by atoms with Gasteiger partial charge >= 0.3 is 6.03 Å². The van der Waals surface area contributed by atoms with E-state index in [1.165, 1.54) is 11.1 Å². The highest BCUT2D eigenvalue weighted by molar-refractivity contribution is 5.94. The van der Waals surface area contributed by atoms with Crippen LogP contribution in [0.25, 0.3) is 0 Å². The summed E-state index contributed by atoms with van der Waals surface area (Å²) in [5.41, 5.74) is 3.42. The molecule has 68 valence electrons. The number of amides is 2. The lowest BCUT2D eigenvalue weighted by Crippen LogP contribution is -2.41. The smallest absolute Gasteiger partial charge is 0.321 e. The Labute approximate surface area is 77.4 Å². The number of aryl methyl sites for hydroxylation is 1. The number of carbonyl (C=O) groups excluding carboxylic acids is 1. The number of anilines is 1. The van der Waals surface area contributed by atoms with Crippen LogP contribution in [-0.4, -0.2) is 13.1 Å². The van der Waals surface area contributed by atoms with Gasteiger partial charge in [0, 0.05) is 13.6 Å². The maximum atomic E-state index is 11.3. The first-order chi connectivity index (χ1) is 6.18. The molecule has 1 heterocycles. The normalized spacial score (nSPS) is 15.2. The number of urea groups is 1. The number of nitrogens with one attached hydrogen (secondary N) is 1. The third-order valence-electron chi connectivity index (χ3n) is 2.33. The Morgan fingerprint density at radius 3 is 3.00 bits per heavy atom. The fourth-order valence-electron chi connectivity index (χ4n) is 1.58. The SMILES string of the molecule is Cc1ccc2c(c1)CNC(=O)N2C. The van der Waals surface area contributed by atoms with E-state index in [1.807, 2.05) is 12.1 Å². The van der Waals surface area contributed by atoms with Crippen LogP contribution in [0.4, 0.5) is 10.5 Å². The van der Waals surface area contributed by atoms with Crippen LogP contribution < -0.4 is 10.2 Å². The number of fused-ring (bicyclic) bond motifs is 1. The average molecular weight is 176 g/mol. The van der Waals surface area contributed by atoms with Crippen molar-refractivity contribution in [2.45, 2.75) is 13.5 Å². The van der Waals surface area contributed by atoms with Gasteiger partial charge in [-0.05, 0) is 18.6 Å². The van der Waals surface area contributed by atoms with Gasteiger partial charge in [-0.15, -0.1) is 0 Å². The summed E-state index contributed by atoms with van der Waals surface area (Å²) in [6.07, 6.45) is 0. The molecule has 1 aromatic rings. The minimum atomic E-state index is -0.0312. The van der Waals surface area contributed by atoms with Gasteiger partial charge in [-0.25, -0.2) is 4.79 Å². The van der Waals surface area contributed by atoms with Crippen LogP contribution >= 0.6 is 0 Å². The molecule has 0 fully saturated rings. The van der Waals surface area contributed by atoms with Gasteiger partial charge in [-0.1, -0.05) is 17.7 Å². The molecule has 0 saturated carbocycles. The Bertz CT molecular complexity index is 360. The van der Waals surface area contributed by atoms with E-state index in [9.17, 15) is 4.79 Å². The van der Waals surface area contributed by atoms with Gasteiger partial charge in [0.1, 0.15) is 0 Å². The van der Waals surface area contributed by atoms with E-state index >= 15 is 0 Å². The van der Waals surface area contributed by atoms with E-state index in [0.29, 0.717) is 6.54 Å². The van der Waals surface area contributed by atoms with Gasteiger partial charge in [0.05, 0.1) is 5.69 Å². The van der Waals surface area contributed by atoms with Gasteiger partial charge in [-0.3, -0.25) is 4.90 Å². The molecule has 0 atom stereocenters. The van der Waals surface area contributed by atoms with Crippen LogP contribution in [0.1, 0.15) is 11.1 Å². The summed E-state index contributed by atoms with van der Waals surface area (Å²) in [4.78, 5) is 12.9. The van der Waals surface area contributed by atoms with Crippen molar-refractivity contribution in [2.24, 2.45) is 0 Å². The number of hydrogen-bond acceptors (Lipinski definition) is 1. The maximum Gasteiger partial charge on any atom is 0.321 e. The van der Waals surface area contributed by atoms with Gasteiger partial charge in [0.15, 0.2) is 0 Å². The van der Waals surface area contributed by atoms with Gasteiger partial charge in [0.25, 0.3) is 0 Å². The second kappa shape index (κ2) is 2.76. The van der Waals surface area contributed by atoms with Crippen LogP contribution in [0.15, 0.2) is 18.2 Å². The Morgan fingerprint density at radius 1 is 1.46 bits per heavy atom. The summed E-state index contributed by atoms with van der Waals surface area (Å²) < 4.78 is 0. The second-order valence-corrected chi connectivity index (χ2v) is 3.35. The molecular weight excluding hydrogens is 164 g/mol. The monoisotopic (exact) mass is 176 g/mol. The highest BCUT2D eigenvalue weighted by Crippen LogP contribution is 2.23. The van der Waals surface area contributed by atoms with Gasteiger partial charge in [0.2, 0.25) is 0 Å². The molecule has 0 spiro atoms. The molecule has 2 rings (SSSR count). The van der Waals surface area contributed by atoms with Gasteiger partial charge in [-0.2, -0.15) is 0 Å². The van der Waals surface area contributed by atoms with Crippen LogP contribution in [0.3, 0.4) is 0 Å². The summed E-state index contributed by atoms with van der Waals surface area (Å²) in [7, 11) is 1.78. The van der Waals surface area contributed by atoms with Crippen molar-refractivity contribution in [3.63, 3.8) is 0 Å². The third-order valence-corrected chi connectivity index (χ3v) is 2.33. The number of benzene rings is 1. The Balaban J connectivity index is 2.49. The zero-order chi connectivity index (χ0) is 9.42. The summed E-state index contributed by atoms with van der Waals surface area (Å²) in [5.74, 6) is 0. The van der Waals surface area contributed by atoms with E-state index in [-0.39, 0.29) is 6.03 Å². The third kappa shape index (κ3) is 1.26. The zero-order valence-corrected chi connectivity index (χ0v) is 7.79. The average Bonchev–Trinajstić information content (AvgIpc) is 2.12. The van der Waals surface area contributed by atoms with E-state index < -0.39 is 0 Å². The topological polar surface area (TPSA) is 32.3 Å². The molecule has 0 aromatic heterocycles. The van der Waals surface area contributed by atoms with Crippen molar-refractivity contribution >= 4 is 11.7 Å². The summed E-state index contributed by atoms with van der Waals surface area (Å²) in [6, 6.07) is 6.08. The van der Waals surface area contributed by atoms with Crippen molar-refractivity contribution in [2.75, 3.05) is 11.9 Å². The first kappa shape index (κ1) is 8.10. The van der Waals surface area contributed by atoms with Crippen molar-refractivity contribution in [1.82, 2.24) is 5.32 Å². The molecular formula is C10H12N2O. The fraction of sp³-hybridized carbons (Fsp3) is 0.300. The van der Waals surface area contributed by atoms with Crippen molar-refractivity contribution in [1.29, 1.82) is 0 Å². The molecule has 0 bridgehead atoms. The summed E-state index contributed by atoms with van der Waals surface area (Å²) in [5, 5.41) is 2.80. The van der Waals surface area contributed by atoms with Crippen molar-refractivity contribution in [3.05, 3.63) is 29.3 Å². The zero-order valence-electron chi connectivity index (χ0n) is 7.79. The lowest BCUT2D eigenvalue weighted by Gasteiger charge is -2.26. The Morgan fingerprint density at radius 2 is 2.23 bits per heavy atom. The van der Waals surface area contributed by atoms with Crippen molar-refractivity contribution in [3.8, 4) is 0 Å². The second-order valence-electron chi connectivity index (χ2n) is 3.35. The molecule has 3 nitrogen and oxygen atoms in total. The molecule has 1 aromatic carbocycles. The van der Waals surface area contributed by atoms with E-state index in [0.717, 1.165) is 5.69 Å². The predicted octanol–water partition coefficient (Wildman–Crippen LogP) is 1.65. The molecule has 2 amide bonds. The predicted molar refractivity (Wildman–Crippen MR) is 51.8 cm³/mol. The Kier molecular flexibility index (Phi) is 1.72. The van der Waals surface area contributed by atoms with Crippen LogP contribution in [0, 0.1) is 6.92 Å². The van der Waals surface area contributed by atoms with Crippen LogP contribution in [0.5, 0.6) is 0 Å². The quantitative estimate of drug-likeness (QED) is 0.640. The van der Waals surface area contributed by atoms with Crippen LogP contribution in [-0.2, 0) is 6.54 Å². The van der Waals surface area contributed by atoms with E-state index in [2.05, 4.69) is 18.3 Å². The lowest BCUT2D eigenvalue weighted by atomic mass is 10.1. The number of rotatable bonds is 0. The minimum absolute atomic E-state index is 0.0312. The van der Waals surface area contributed by atoms with Gasteiger partial charge < -0.3 is 5.32 Å². The first-order valence-electron chi connectivity index (χ1n) is 4.29. The Hall–Kier alpha value is -1.51. The minimum Gasteiger partial charge on any atom is -0.334 e. The molecule has 3 heteroatoms. The fourth-order valence-corrected chi connectivity index (χ4v) is 1.58. The molecule has 0 saturated heterocycles. The first-order valence-corrected chi connectivity index (χ1v) is 4.29. The molecule has 1 N–H and O–H groups in total. The number of hydrogen-bond donors (Lipinski definition) is 1. The molecule has 13 heavy (non-hydrogen) atoms. The largest absolute Gasteiger partial charge is 0.334 e. The molecule has 0 aliphatic carbocycles. The molecule has 1 aliphatic heterocycles. The lowest BCUT2D eigenvalue weighted by molar-refractivity contribution is 0.246. The maximum absolute atomic E-state index is 11.3. The summed E-state index contributed by atoms with van der Waals surface area (Å²) in [6.45, 7) is 2.69. The van der Waals surface area contributed by atoms with E-state index in [4.69, 9.17) is 0 Å². The highest BCUT2D eigenvalue weighted by atomic mass is 16.2. The number of carbonyl (C=O) groups is 1. The van der Waals surface area contributed by atoms with Crippen LogP contribution in [0.2, 0.25) is 0 Å². The molecule has 1 aliphatic rings. The number of nitrogens with zero attached hydrogens (tertiary/aromatic N) is 1. The van der Waals surface area contributed by atoms with E-state index in [1.54, 1.807) is 11.9 Å². The molecule has 0 unspecified atom stereocenters. The standard InChI is InChI=1S/C10H12N2O/c1-7-3-4-9-8(5-7)6-11-10(13)12(9)2/h3-5H,6H2,1-2H3,(H,11,13). The summed E-state index contributed by atoms with van der Waals surface area (Å²) >= 11 is 0. The highest BCUT2D eigenvalue weighted by Gasteiger charge is 2.19. The molecule has 0 radical (unpaired) electrons. The van der Waals surface area contributed by atoms with Crippen molar-refractivity contribution < 1.29 is 4.79 Å².